The lowest BCUT2D eigenvalue weighted by Gasteiger charge is -2.15. The Kier molecular flexibility index (Phi) is 9.85. The molecule has 3 rings (SSSR count). The largest absolute Gasteiger partial charge is 0.400 e. The number of hydrogen-bond acceptors (Lipinski definition) is 8. The molecular formula is C26H30N2O7S2. The highest BCUT2D eigenvalue weighted by atomic mass is 32.2. The van der Waals surface area contributed by atoms with E-state index in [4.69, 9.17) is 5.73 Å². The van der Waals surface area contributed by atoms with Crippen molar-refractivity contribution in [2.75, 3.05) is 6.26 Å². The number of aryl methyl sites for hydroxylation is 1. The van der Waals surface area contributed by atoms with Gasteiger partial charge in [0.05, 0.1) is 4.90 Å². The van der Waals surface area contributed by atoms with E-state index in [9.17, 15) is 31.0 Å². The fourth-order valence-corrected chi connectivity index (χ4v) is 5.10. The molecule has 1 unspecified atom stereocenters. The summed E-state index contributed by atoms with van der Waals surface area (Å²) in [7, 11) is -8.40. The summed E-state index contributed by atoms with van der Waals surface area (Å²) < 4.78 is 58.1. The van der Waals surface area contributed by atoms with Gasteiger partial charge in [-0.15, -0.1) is 0 Å². The number of nitrogens with two attached hydrogens (primary N) is 1. The number of rotatable bonds is 8. The average molecular weight is 547 g/mol. The second-order valence-electron chi connectivity index (χ2n) is 8.18. The summed E-state index contributed by atoms with van der Waals surface area (Å²) in [5.74, 6) is -1.41. The van der Waals surface area contributed by atoms with Crippen LogP contribution in [0.5, 0.6) is 0 Å². The van der Waals surface area contributed by atoms with E-state index in [1.807, 2.05) is 13.8 Å². The van der Waals surface area contributed by atoms with Crippen LogP contribution in [-0.4, -0.2) is 44.7 Å². The van der Waals surface area contributed by atoms with E-state index in [0.29, 0.717) is 23.0 Å². The maximum Gasteiger partial charge on any atom is 0.296 e. The van der Waals surface area contributed by atoms with Gasteiger partial charge in [-0.1, -0.05) is 44.2 Å². The zero-order valence-corrected chi connectivity index (χ0v) is 22.6. The molecule has 0 saturated heterocycles. The molecule has 198 valence electrons. The number of sulfone groups is 1. The van der Waals surface area contributed by atoms with Gasteiger partial charge in [0.25, 0.3) is 10.1 Å². The lowest BCUT2D eigenvalue weighted by atomic mass is 9.88. The van der Waals surface area contributed by atoms with Gasteiger partial charge < -0.3 is 10.5 Å². The number of carbonyl (C=O) groups excluding carboxylic acids is 2. The van der Waals surface area contributed by atoms with Crippen molar-refractivity contribution in [2.24, 2.45) is 11.7 Å². The van der Waals surface area contributed by atoms with Crippen molar-refractivity contribution in [2.45, 2.75) is 38.5 Å². The van der Waals surface area contributed by atoms with Gasteiger partial charge in [0.1, 0.15) is 11.2 Å². The first kappa shape index (κ1) is 29.8. The summed E-state index contributed by atoms with van der Waals surface area (Å²) in [5.41, 5.74) is 7.42. The average Bonchev–Trinajstić information content (AvgIpc) is 2.97. The number of benzene rings is 1. The molecule has 1 aromatic heterocycles. The van der Waals surface area contributed by atoms with Gasteiger partial charge in [0, 0.05) is 47.8 Å². The van der Waals surface area contributed by atoms with Gasteiger partial charge >= 0.3 is 0 Å². The van der Waals surface area contributed by atoms with Crippen molar-refractivity contribution in [3.05, 3.63) is 93.3 Å². The van der Waals surface area contributed by atoms with Crippen LogP contribution in [0.4, 0.5) is 0 Å². The molecule has 1 aliphatic carbocycles. The predicted molar refractivity (Wildman–Crippen MR) is 141 cm³/mol. The maximum absolute atomic E-state index is 13.6. The molecule has 37 heavy (non-hydrogen) atoms. The third kappa shape index (κ3) is 7.31. The summed E-state index contributed by atoms with van der Waals surface area (Å²) in [5, 5.41) is 0. The number of nitrogens with zero attached hydrogens (tertiary/aromatic N) is 1. The minimum absolute atomic E-state index is 0.0520. The Bertz CT molecular complexity index is 1500. The van der Waals surface area contributed by atoms with Crippen LogP contribution in [0.1, 0.15) is 41.8 Å². The summed E-state index contributed by atoms with van der Waals surface area (Å²) in [4.78, 5) is 28.2. The number of aldehydes is 1. The fraction of sp³-hybridized carbons (Fsp3) is 0.269. The van der Waals surface area contributed by atoms with E-state index < -0.39 is 36.6 Å². The van der Waals surface area contributed by atoms with Gasteiger partial charge in [-0.3, -0.25) is 14.3 Å². The summed E-state index contributed by atoms with van der Waals surface area (Å²) in [6, 6.07) is 8.17. The SMILES string of the molecule is CC.Cc1ccccc1C(=O)C1=CC(CC=O)C(N)=C(S(=O)(=O)O)C=C1Cc1cncc(S(C)(=O)=O)c1. The number of ketones is 1. The Morgan fingerprint density at radius 3 is 2.35 bits per heavy atom. The molecule has 0 bridgehead atoms. The highest BCUT2D eigenvalue weighted by molar-refractivity contribution is 7.90. The molecule has 1 aliphatic rings. The van der Waals surface area contributed by atoms with Crippen LogP contribution in [0.3, 0.4) is 0 Å². The number of hydrogen-bond donors (Lipinski definition) is 2. The Balaban J connectivity index is 0.00000235. The molecule has 1 heterocycles. The van der Waals surface area contributed by atoms with E-state index in [2.05, 4.69) is 4.98 Å². The summed E-state index contributed by atoms with van der Waals surface area (Å²) >= 11 is 0. The lowest BCUT2D eigenvalue weighted by Crippen LogP contribution is -2.17. The van der Waals surface area contributed by atoms with Crippen LogP contribution in [0.25, 0.3) is 0 Å². The molecule has 0 fully saturated rings. The van der Waals surface area contributed by atoms with E-state index in [-0.39, 0.29) is 34.6 Å². The zero-order chi connectivity index (χ0) is 28.0. The van der Waals surface area contributed by atoms with Crippen molar-refractivity contribution in [1.82, 2.24) is 4.98 Å². The molecule has 11 heteroatoms. The van der Waals surface area contributed by atoms with Crippen LogP contribution < -0.4 is 5.73 Å². The molecule has 0 spiro atoms. The quantitative estimate of drug-likeness (QED) is 0.287. The number of Topliss-reactive ketones (excluding diaryl/α,β-unsaturated/α-hetero) is 1. The fourth-order valence-electron chi connectivity index (χ4n) is 3.75. The molecule has 2 aromatic rings. The Labute approximate surface area is 217 Å². The number of pyridine rings is 1. The highest BCUT2D eigenvalue weighted by Gasteiger charge is 2.29. The number of carbonyl (C=O) groups is 2. The van der Waals surface area contributed by atoms with E-state index in [1.165, 1.54) is 24.5 Å². The van der Waals surface area contributed by atoms with Crippen LogP contribution in [0.15, 0.2) is 81.5 Å². The van der Waals surface area contributed by atoms with Gasteiger partial charge in [0.2, 0.25) is 0 Å². The molecule has 9 nitrogen and oxygen atoms in total. The van der Waals surface area contributed by atoms with Gasteiger partial charge in [-0.2, -0.15) is 8.42 Å². The standard InChI is InChI=1S/C24H24N2O7S2.C2H6/c1-15-5-3-4-6-20(15)24(28)21-11-17(7-8-27)23(25)22(35(31,32)33)12-18(21)9-16-10-19(14-26-13-16)34(2,29)30;1-2/h3-6,8,10-14,17H,7,9,25H2,1-2H3,(H,31,32,33);1-2H3. The second kappa shape index (κ2) is 12.2. The zero-order valence-electron chi connectivity index (χ0n) is 21.0. The topological polar surface area (TPSA) is 162 Å². The third-order valence-electron chi connectivity index (χ3n) is 5.56. The molecule has 3 N–H and O–H groups in total. The smallest absolute Gasteiger partial charge is 0.296 e. The van der Waals surface area contributed by atoms with Crippen LogP contribution in [-0.2, 0) is 31.2 Å². The van der Waals surface area contributed by atoms with Crippen molar-refractivity contribution < 1.29 is 31.0 Å². The van der Waals surface area contributed by atoms with Crippen LogP contribution in [0, 0.1) is 12.8 Å². The monoisotopic (exact) mass is 546 g/mol. The Morgan fingerprint density at radius 1 is 1.14 bits per heavy atom. The normalized spacial score (nSPS) is 16.1. The number of allylic oxidation sites excluding steroid dienone is 4. The van der Waals surface area contributed by atoms with E-state index in [0.717, 1.165) is 12.3 Å². The number of aromatic nitrogens is 1. The molecular weight excluding hydrogens is 516 g/mol. The molecule has 0 aliphatic heterocycles. The molecule has 0 radical (unpaired) electrons. The molecule has 0 amide bonds. The van der Waals surface area contributed by atoms with Crippen molar-refractivity contribution >= 4 is 32.0 Å². The first-order valence-corrected chi connectivity index (χ1v) is 14.7. The van der Waals surface area contributed by atoms with Crippen LogP contribution >= 0.6 is 0 Å². The van der Waals surface area contributed by atoms with Crippen molar-refractivity contribution in [3.63, 3.8) is 0 Å². The Hall–Kier alpha value is -3.41. The second-order valence-corrected chi connectivity index (χ2v) is 11.6. The lowest BCUT2D eigenvalue weighted by molar-refractivity contribution is -0.108. The predicted octanol–water partition coefficient (Wildman–Crippen LogP) is 3.37. The molecule has 1 aromatic carbocycles. The minimum atomic E-state index is -4.82. The van der Waals surface area contributed by atoms with Gasteiger partial charge in [-0.05, 0) is 42.2 Å². The molecule has 0 saturated carbocycles. The first-order valence-electron chi connectivity index (χ1n) is 11.4. The van der Waals surface area contributed by atoms with Crippen molar-refractivity contribution in [1.29, 1.82) is 0 Å². The van der Waals surface area contributed by atoms with Crippen molar-refractivity contribution in [3.8, 4) is 0 Å². The van der Waals surface area contributed by atoms with E-state index >= 15 is 0 Å². The third-order valence-corrected chi connectivity index (χ3v) is 7.55. The van der Waals surface area contributed by atoms with Gasteiger partial charge in [-0.25, -0.2) is 8.42 Å². The highest BCUT2D eigenvalue weighted by Crippen LogP contribution is 2.33. The summed E-state index contributed by atoms with van der Waals surface area (Å²) in [6.45, 7) is 5.74. The van der Waals surface area contributed by atoms with Gasteiger partial charge in [0.15, 0.2) is 15.6 Å². The minimum Gasteiger partial charge on any atom is -0.400 e. The van der Waals surface area contributed by atoms with Crippen LogP contribution in [0.2, 0.25) is 0 Å². The maximum atomic E-state index is 13.6. The first-order chi connectivity index (χ1) is 17.3. The molecule has 1 atom stereocenters. The summed E-state index contributed by atoms with van der Waals surface area (Å²) in [6.07, 6.45) is 6.31. The van der Waals surface area contributed by atoms with E-state index in [1.54, 1.807) is 31.2 Å². The Morgan fingerprint density at radius 2 is 1.78 bits per heavy atom.